The maximum atomic E-state index is 13.0. The van der Waals surface area contributed by atoms with E-state index in [2.05, 4.69) is 10.3 Å². The Labute approximate surface area is 113 Å². The van der Waals surface area contributed by atoms with E-state index in [-0.39, 0.29) is 5.91 Å². The monoisotopic (exact) mass is 284 g/mol. The first-order valence-electron chi connectivity index (χ1n) is 6.01. The Bertz CT molecular complexity index is 571. The standard InChI is InChI=1S/C13H14F2N2OS/c1-7(2)3-4-12(18)17-13-16-10-5-8(14)9(15)6-11(10)19-13/h5-7H,3-4H2,1-2H3,(H,16,17,18). The molecule has 1 heterocycles. The molecular formula is C13H14F2N2OS. The summed E-state index contributed by atoms with van der Waals surface area (Å²) in [6.45, 7) is 4.08. The number of anilines is 1. The number of hydrogen-bond acceptors (Lipinski definition) is 3. The molecule has 3 nitrogen and oxygen atoms in total. The lowest BCUT2D eigenvalue weighted by atomic mass is 10.1. The first-order chi connectivity index (χ1) is 8.95. The lowest BCUT2D eigenvalue weighted by molar-refractivity contribution is -0.116. The molecule has 0 fully saturated rings. The molecule has 102 valence electrons. The van der Waals surface area contributed by atoms with E-state index in [1.54, 1.807) is 0 Å². The Kier molecular flexibility index (Phi) is 4.09. The van der Waals surface area contributed by atoms with Crippen LogP contribution in [0.4, 0.5) is 13.9 Å². The molecule has 19 heavy (non-hydrogen) atoms. The molecule has 1 aromatic heterocycles. The summed E-state index contributed by atoms with van der Waals surface area (Å²) >= 11 is 1.13. The highest BCUT2D eigenvalue weighted by Crippen LogP contribution is 2.27. The molecule has 6 heteroatoms. The van der Waals surface area contributed by atoms with Crippen LogP contribution in [0.3, 0.4) is 0 Å². The van der Waals surface area contributed by atoms with Crippen LogP contribution >= 0.6 is 11.3 Å². The third-order valence-corrected chi connectivity index (χ3v) is 3.56. The molecule has 0 atom stereocenters. The number of rotatable bonds is 4. The van der Waals surface area contributed by atoms with Crippen molar-refractivity contribution in [3.8, 4) is 0 Å². The SMILES string of the molecule is CC(C)CCC(=O)Nc1nc2cc(F)c(F)cc2s1. The zero-order valence-corrected chi connectivity index (χ0v) is 11.5. The summed E-state index contributed by atoms with van der Waals surface area (Å²) in [6, 6.07) is 2.12. The second kappa shape index (κ2) is 5.61. The average molecular weight is 284 g/mol. The molecule has 1 aromatic carbocycles. The molecule has 0 bridgehead atoms. The molecule has 0 saturated heterocycles. The van der Waals surface area contributed by atoms with Crippen LogP contribution in [-0.2, 0) is 4.79 Å². The summed E-state index contributed by atoms with van der Waals surface area (Å²) in [4.78, 5) is 15.7. The van der Waals surface area contributed by atoms with Crippen molar-refractivity contribution in [2.24, 2.45) is 5.92 Å². The molecule has 0 spiro atoms. The number of carbonyl (C=O) groups excluding carboxylic acids is 1. The molecule has 0 unspecified atom stereocenters. The smallest absolute Gasteiger partial charge is 0.226 e. The number of benzene rings is 1. The third-order valence-electron chi connectivity index (χ3n) is 2.63. The molecule has 0 aliphatic rings. The number of amides is 1. The van der Waals surface area contributed by atoms with Crippen molar-refractivity contribution in [2.75, 3.05) is 5.32 Å². The molecular weight excluding hydrogens is 270 g/mol. The van der Waals surface area contributed by atoms with Gasteiger partial charge < -0.3 is 5.32 Å². The van der Waals surface area contributed by atoms with E-state index in [4.69, 9.17) is 0 Å². The third kappa shape index (κ3) is 3.47. The Hall–Kier alpha value is -1.56. The lowest BCUT2D eigenvalue weighted by Crippen LogP contribution is -2.11. The number of thiazole rings is 1. The van der Waals surface area contributed by atoms with E-state index in [1.807, 2.05) is 13.8 Å². The average Bonchev–Trinajstić information content (AvgIpc) is 2.68. The second-order valence-electron chi connectivity index (χ2n) is 4.73. The van der Waals surface area contributed by atoms with Crippen molar-refractivity contribution >= 4 is 32.6 Å². The number of fused-ring (bicyclic) bond motifs is 1. The Morgan fingerprint density at radius 1 is 1.37 bits per heavy atom. The van der Waals surface area contributed by atoms with Crippen LogP contribution in [0.5, 0.6) is 0 Å². The van der Waals surface area contributed by atoms with Crippen LogP contribution in [0.15, 0.2) is 12.1 Å². The number of hydrogen-bond donors (Lipinski definition) is 1. The quantitative estimate of drug-likeness (QED) is 0.923. The molecule has 2 aromatic rings. The minimum absolute atomic E-state index is 0.131. The Morgan fingerprint density at radius 2 is 2.05 bits per heavy atom. The number of carbonyl (C=O) groups is 1. The van der Waals surface area contributed by atoms with Crippen LogP contribution in [0.2, 0.25) is 0 Å². The van der Waals surface area contributed by atoms with Crippen molar-refractivity contribution in [3.05, 3.63) is 23.8 Å². The van der Waals surface area contributed by atoms with E-state index in [0.717, 1.165) is 29.9 Å². The van der Waals surface area contributed by atoms with E-state index >= 15 is 0 Å². The number of aromatic nitrogens is 1. The van der Waals surface area contributed by atoms with Crippen molar-refractivity contribution in [1.82, 2.24) is 4.98 Å². The van der Waals surface area contributed by atoms with Crippen LogP contribution in [-0.4, -0.2) is 10.9 Å². The van der Waals surface area contributed by atoms with Crippen LogP contribution < -0.4 is 5.32 Å². The van der Waals surface area contributed by atoms with E-state index in [9.17, 15) is 13.6 Å². The summed E-state index contributed by atoms with van der Waals surface area (Å²) in [5.41, 5.74) is 0.350. The summed E-state index contributed by atoms with van der Waals surface area (Å²) < 4.78 is 26.6. The fraction of sp³-hybridized carbons (Fsp3) is 0.385. The van der Waals surface area contributed by atoms with Gasteiger partial charge in [0.1, 0.15) is 0 Å². The minimum atomic E-state index is -0.935. The normalized spacial score (nSPS) is 11.2. The topological polar surface area (TPSA) is 42.0 Å². The predicted molar refractivity (Wildman–Crippen MR) is 72.2 cm³/mol. The van der Waals surface area contributed by atoms with Crippen molar-refractivity contribution in [2.45, 2.75) is 26.7 Å². The molecule has 0 aliphatic heterocycles. The summed E-state index contributed by atoms with van der Waals surface area (Å²) in [5, 5.41) is 3.02. The van der Waals surface area contributed by atoms with Gasteiger partial charge in [-0.05, 0) is 18.4 Å². The first-order valence-corrected chi connectivity index (χ1v) is 6.83. The van der Waals surface area contributed by atoms with Gasteiger partial charge in [0.15, 0.2) is 16.8 Å². The Morgan fingerprint density at radius 3 is 2.74 bits per heavy atom. The maximum absolute atomic E-state index is 13.0. The van der Waals surface area contributed by atoms with Crippen LogP contribution in [0.25, 0.3) is 10.2 Å². The predicted octanol–water partition coefficient (Wildman–Crippen LogP) is 3.95. The number of nitrogens with zero attached hydrogens (tertiary/aromatic N) is 1. The molecule has 1 amide bonds. The summed E-state index contributed by atoms with van der Waals surface area (Å²) in [6.07, 6.45) is 1.20. The van der Waals surface area contributed by atoms with E-state index < -0.39 is 11.6 Å². The minimum Gasteiger partial charge on any atom is -0.302 e. The van der Waals surface area contributed by atoms with Gasteiger partial charge in [0.2, 0.25) is 5.91 Å². The van der Waals surface area contributed by atoms with Gasteiger partial charge in [-0.25, -0.2) is 13.8 Å². The summed E-state index contributed by atoms with van der Waals surface area (Å²) in [5.74, 6) is -1.53. The Balaban J connectivity index is 2.11. The largest absolute Gasteiger partial charge is 0.302 e. The van der Waals surface area contributed by atoms with Crippen molar-refractivity contribution in [3.63, 3.8) is 0 Å². The zero-order valence-electron chi connectivity index (χ0n) is 10.7. The summed E-state index contributed by atoms with van der Waals surface area (Å²) in [7, 11) is 0. The van der Waals surface area contributed by atoms with Gasteiger partial charge >= 0.3 is 0 Å². The zero-order chi connectivity index (χ0) is 14.0. The van der Waals surface area contributed by atoms with Crippen molar-refractivity contribution in [1.29, 1.82) is 0 Å². The van der Waals surface area contributed by atoms with E-state index in [0.29, 0.717) is 27.7 Å². The van der Waals surface area contributed by atoms with Crippen LogP contribution in [0.1, 0.15) is 26.7 Å². The van der Waals surface area contributed by atoms with Gasteiger partial charge in [-0.1, -0.05) is 25.2 Å². The van der Waals surface area contributed by atoms with Crippen LogP contribution in [0, 0.1) is 17.6 Å². The highest BCUT2D eigenvalue weighted by atomic mass is 32.1. The van der Waals surface area contributed by atoms with Gasteiger partial charge in [-0.2, -0.15) is 0 Å². The second-order valence-corrected chi connectivity index (χ2v) is 5.76. The fourth-order valence-corrected chi connectivity index (χ4v) is 2.47. The molecule has 0 saturated carbocycles. The lowest BCUT2D eigenvalue weighted by Gasteiger charge is -2.03. The fourth-order valence-electron chi connectivity index (χ4n) is 1.58. The molecule has 2 rings (SSSR count). The molecule has 1 N–H and O–H groups in total. The molecule has 0 aliphatic carbocycles. The van der Waals surface area contributed by atoms with E-state index in [1.165, 1.54) is 0 Å². The highest BCUT2D eigenvalue weighted by molar-refractivity contribution is 7.22. The first kappa shape index (κ1) is 13.9. The maximum Gasteiger partial charge on any atom is 0.226 e. The van der Waals surface area contributed by atoms with Gasteiger partial charge in [-0.15, -0.1) is 0 Å². The highest BCUT2D eigenvalue weighted by Gasteiger charge is 2.11. The van der Waals surface area contributed by atoms with Gasteiger partial charge in [0, 0.05) is 12.5 Å². The van der Waals surface area contributed by atoms with Gasteiger partial charge in [0.25, 0.3) is 0 Å². The molecule has 0 radical (unpaired) electrons. The van der Waals surface area contributed by atoms with Gasteiger partial charge in [-0.3, -0.25) is 4.79 Å². The van der Waals surface area contributed by atoms with Crippen molar-refractivity contribution < 1.29 is 13.6 Å². The number of halogens is 2. The number of nitrogens with one attached hydrogen (secondary N) is 1. The van der Waals surface area contributed by atoms with Gasteiger partial charge in [0.05, 0.1) is 10.2 Å².